The molecular weight excluding hydrogens is 318 g/mol. The van der Waals surface area contributed by atoms with Crippen molar-refractivity contribution in [3.63, 3.8) is 0 Å². The number of hydrogen-bond acceptors (Lipinski definition) is 5. The molecule has 0 spiro atoms. The summed E-state index contributed by atoms with van der Waals surface area (Å²) in [5, 5.41) is 2.79. The van der Waals surface area contributed by atoms with Gasteiger partial charge in [0.05, 0.1) is 20.3 Å². The molecule has 25 heavy (non-hydrogen) atoms. The van der Waals surface area contributed by atoms with Crippen molar-refractivity contribution >= 4 is 11.9 Å². The predicted octanol–water partition coefficient (Wildman–Crippen LogP) is 1.73. The molecule has 0 saturated heterocycles. The molecule has 6 nitrogen and oxygen atoms in total. The third kappa shape index (κ3) is 5.52. The molecule has 1 N–H and O–H groups in total. The molecule has 0 aromatic heterocycles. The molecule has 0 bridgehead atoms. The summed E-state index contributed by atoms with van der Waals surface area (Å²) >= 11 is 0. The molecule has 136 valence electrons. The van der Waals surface area contributed by atoms with E-state index in [1.807, 2.05) is 47.6 Å². The average Bonchev–Trinajstić information content (AvgIpc) is 3.03. The maximum atomic E-state index is 12.4. The van der Waals surface area contributed by atoms with Gasteiger partial charge in [-0.1, -0.05) is 30.3 Å². The maximum Gasteiger partial charge on any atom is 0.328 e. The average molecular weight is 345 g/mol. The van der Waals surface area contributed by atoms with Crippen LogP contribution in [0.3, 0.4) is 0 Å². The first-order valence-corrected chi connectivity index (χ1v) is 8.40. The molecule has 0 unspecified atom stereocenters. The summed E-state index contributed by atoms with van der Waals surface area (Å²) in [6.45, 7) is 7.21. The lowest BCUT2D eigenvalue weighted by atomic mass is 10.1. The molecule has 1 aromatic rings. The van der Waals surface area contributed by atoms with Crippen LogP contribution >= 0.6 is 0 Å². The highest BCUT2D eigenvalue weighted by Gasteiger charge is 2.26. The Morgan fingerprint density at radius 1 is 1.20 bits per heavy atom. The van der Waals surface area contributed by atoms with Crippen LogP contribution in [0.15, 0.2) is 42.7 Å². The quantitative estimate of drug-likeness (QED) is 0.796. The largest absolute Gasteiger partial charge is 0.467 e. The summed E-state index contributed by atoms with van der Waals surface area (Å²) in [7, 11) is 1.33. The fourth-order valence-corrected chi connectivity index (χ4v) is 2.61. The number of methoxy groups -OCH3 is 1. The van der Waals surface area contributed by atoms with Gasteiger partial charge in [-0.2, -0.15) is 0 Å². The maximum absolute atomic E-state index is 12.4. The summed E-state index contributed by atoms with van der Waals surface area (Å²) < 4.78 is 4.83. The molecule has 1 aliphatic heterocycles. The molecule has 2 rings (SSSR count). The number of esters is 1. The van der Waals surface area contributed by atoms with E-state index < -0.39 is 12.0 Å². The second-order valence-corrected chi connectivity index (χ2v) is 7.16. The Kier molecular flexibility index (Phi) is 6.07. The van der Waals surface area contributed by atoms with E-state index in [9.17, 15) is 9.59 Å². The lowest BCUT2D eigenvalue weighted by molar-refractivity contribution is -0.145. The van der Waals surface area contributed by atoms with E-state index in [1.165, 1.54) is 7.11 Å². The van der Waals surface area contributed by atoms with Crippen molar-refractivity contribution in [3.05, 3.63) is 48.3 Å². The van der Waals surface area contributed by atoms with Crippen LogP contribution in [0, 0.1) is 0 Å². The topological polar surface area (TPSA) is 61.9 Å². The fraction of sp³-hybridized carbons (Fsp3) is 0.474. The Morgan fingerprint density at radius 3 is 2.44 bits per heavy atom. The minimum Gasteiger partial charge on any atom is -0.467 e. The summed E-state index contributed by atoms with van der Waals surface area (Å²) in [5.41, 5.74) is 0.974. The fourth-order valence-electron chi connectivity index (χ4n) is 2.61. The number of carbonyl (C=O) groups excluding carboxylic acids is 2. The number of hydrogen-bond donors (Lipinski definition) is 1. The SMILES string of the molecule is COC(=O)[C@H](Cc1ccccc1)NC(=O)CN1C=CN(C(C)(C)C)C1. The van der Waals surface area contributed by atoms with Gasteiger partial charge in [-0.05, 0) is 26.3 Å². The van der Waals surface area contributed by atoms with Crippen molar-refractivity contribution in [3.8, 4) is 0 Å². The van der Waals surface area contributed by atoms with Crippen molar-refractivity contribution < 1.29 is 14.3 Å². The monoisotopic (exact) mass is 345 g/mol. The number of benzene rings is 1. The van der Waals surface area contributed by atoms with Crippen molar-refractivity contribution in [1.29, 1.82) is 0 Å². The van der Waals surface area contributed by atoms with Crippen LogP contribution < -0.4 is 5.32 Å². The zero-order chi connectivity index (χ0) is 18.4. The van der Waals surface area contributed by atoms with E-state index in [1.54, 1.807) is 0 Å². The summed E-state index contributed by atoms with van der Waals surface area (Å²) in [4.78, 5) is 28.4. The number of ether oxygens (including phenoxy) is 1. The van der Waals surface area contributed by atoms with Crippen LogP contribution in [0.5, 0.6) is 0 Å². The molecule has 1 amide bonds. The Hall–Kier alpha value is -2.50. The van der Waals surface area contributed by atoms with Crippen molar-refractivity contribution in [1.82, 2.24) is 15.1 Å². The smallest absolute Gasteiger partial charge is 0.328 e. The van der Waals surface area contributed by atoms with Crippen LogP contribution in [0.4, 0.5) is 0 Å². The molecular formula is C19H27N3O3. The van der Waals surface area contributed by atoms with Crippen molar-refractivity contribution in [2.75, 3.05) is 20.3 Å². The first-order valence-electron chi connectivity index (χ1n) is 8.40. The van der Waals surface area contributed by atoms with Gasteiger partial charge in [-0.3, -0.25) is 4.79 Å². The third-order valence-corrected chi connectivity index (χ3v) is 4.10. The lowest BCUT2D eigenvalue weighted by Gasteiger charge is -2.33. The van der Waals surface area contributed by atoms with Gasteiger partial charge < -0.3 is 19.9 Å². The minimum atomic E-state index is -0.690. The second kappa shape index (κ2) is 8.05. The zero-order valence-corrected chi connectivity index (χ0v) is 15.4. The second-order valence-electron chi connectivity index (χ2n) is 7.16. The van der Waals surface area contributed by atoms with E-state index in [2.05, 4.69) is 31.0 Å². The number of rotatable bonds is 6. The minimum absolute atomic E-state index is 0.00356. The van der Waals surface area contributed by atoms with Crippen LogP contribution in [0.2, 0.25) is 0 Å². The highest BCUT2D eigenvalue weighted by Crippen LogP contribution is 2.18. The van der Waals surface area contributed by atoms with E-state index in [4.69, 9.17) is 4.74 Å². The van der Waals surface area contributed by atoms with E-state index in [0.29, 0.717) is 13.1 Å². The molecule has 0 aliphatic carbocycles. The Bertz CT molecular complexity index is 623. The van der Waals surface area contributed by atoms with Gasteiger partial charge in [0.1, 0.15) is 6.04 Å². The van der Waals surface area contributed by atoms with Crippen LogP contribution in [0.25, 0.3) is 0 Å². The van der Waals surface area contributed by atoms with Gasteiger partial charge in [0.2, 0.25) is 5.91 Å². The van der Waals surface area contributed by atoms with Crippen LogP contribution in [0.1, 0.15) is 26.3 Å². The number of amides is 1. The Morgan fingerprint density at radius 2 is 1.88 bits per heavy atom. The number of carbonyl (C=O) groups is 2. The van der Waals surface area contributed by atoms with Gasteiger partial charge in [0, 0.05) is 24.4 Å². The van der Waals surface area contributed by atoms with E-state index >= 15 is 0 Å². The molecule has 0 radical (unpaired) electrons. The summed E-state index contributed by atoms with van der Waals surface area (Å²) in [6, 6.07) is 8.88. The highest BCUT2D eigenvalue weighted by atomic mass is 16.5. The molecule has 1 heterocycles. The molecule has 1 aliphatic rings. The molecule has 0 saturated carbocycles. The Labute approximate surface area is 149 Å². The lowest BCUT2D eigenvalue weighted by Crippen LogP contribution is -2.47. The summed E-state index contributed by atoms with van der Waals surface area (Å²) in [5.74, 6) is -0.641. The third-order valence-electron chi connectivity index (χ3n) is 4.10. The normalized spacial score (nSPS) is 15.2. The van der Waals surface area contributed by atoms with Gasteiger partial charge in [-0.15, -0.1) is 0 Å². The number of nitrogens with one attached hydrogen (secondary N) is 1. The van der Waals surface area contributed by atoms with E-state index in [-0.39, 0.29) is 18.0 Å². The first kappa shape index (κ1) is 18.8. The molecule has 0 fully saturated rings. The molecule has 6 heteroatoms. The van der Waals surface area contributed by atoms with Crippen molar-refractivity contribution in [2.45, 2.75) is 38.8 Å². The zero-order valence-electron chi connectivity index (χ0n) is 15.4. The van der Waals surface area contributed by atoms with E-state index in [0.717, 1.165) is 5.56 Å². The Balaban J connectivity index is 1.92. The molecule has 1 aromatic carbocycles. The standard InChI is InChI=1S/C19H27N3O3/c1-19(2,3)22-11-10-21(14-22)13-17(23)20-16(18(24)25-4)12-15-8-6-5-7-9-15/h5-11,16H,12-14H2,1-4H3,(H,20,23)/t16-/m0/s1. The van der Waals surface area contributed by atoms with Gasteiger partial charge in [0.25, 0.3) is 0 Å². The number of nitrogens with zero attached hydrogens (tertiary/aromatic N) is 2. The van der Waals surface area contributed by atoms with Gasteiger partial charge >= 0.3 is 5.97 Å². The van der Waals surface area contributed by atoms with Crippen LogP contribution in [-0.4, -0.2) is 53.6 Å². The summed E-state index contributed by atoms with van der Waals surface area (Å²) in [6.07, 6.45) is 4.29. The van der Waals surface area contributed by atoms with Crippen LogP contribution in [-0.2, 0) is 20.7 Å². The predicted molar refractivity (Wildman–Crippen MR) is 96.4 cm³/mol. The van der Waals surface area contributed by atoms with Crippen molar-refractivity contribution in [2.24, 2.45) is 0 Å². The highest BCUT2D eigenvalue weighted by molar-refractivity contribution is 5.85. The molecule has 1 atom stereocenters. The first-order chi connectivity index (χ1) is 11.8. The van der Waals surface area contributed by atoms with Gasteiger partial charge in [-0.25, -0.2) is 4.79 Å². The van der Waals surface area contributed by atoms with Gasteiger partial charge in [0.15, 0.2) is 0 Å².